The van der Waals surface area contributed by atoms with Crippen molar-refractivity contribution in [2.75, 3.05) is 0 Å². The van der Waals surface area contributed by atoms with Crippen molar-refractivity contribution in [1.29, 1.82) is 0 Å². The standard InChI is InChI=1S/C26H48O4/c1-7-11-13-19(9-3)17-21(18-20(10-4)14-12-8-2)26(24(29)30)16-15-22(23(27)28)25(26,5)6/h19-22H,7-18H2,1-6H3,(H,27,28)(H,29,30). The van der Waals surface area contributed by atoms with E-state index in [1.54, 1.807) is 0 Å². The smallest absolute Gasteiger partial charge is 0.310 e. The van der Waals surface area contributed by atoms with Crippen LogP contribution in [0.4, 0.5) is 0 Å². The molecule has 4 nitrogen and oxygen atoms in total. The van der Waals surface area contributed by atoms with E-state index in [2.05, 4.69) is 27.7 Å². The van der Waals surface area contributed by atoms with E-state index in [1.807, 2.05) is 13.8 Å². The van der Waals surface area contributed by atoms with Gasteiger partial charge < -0.3 is 10.2 Å². The van der Waals surface area contributed by atoms with E-state index >= 15 is 0 Å². The second-order valence-corrected chi connectivity index (χ2v) is 10.4. The number of aliphatic carboxylic acids is 2. The predicted octanol–water partition coefficient (Wildman–Crippen LogP) is 7.41. The van der Waals surface area contributed by atoms with Gasteiger partial charge in [0.05, 0.1) is 11.3 Å². The second-order valence-electron chi connectivity index (χ2n) is 10.4. The first-order chi connectivity index (χ1) is 14.1. The molecular formula is C26H48O4. The minimum absolute atomic E-state index is 0.0398. The van der Waals surface area contributed by atoms with E-state index in [-0.39, 0.29) is 5.92 Å². The van der Waals surface area contributed by atoms with Crippen LogP contribution in [0.25, 0.3) is 0 Å². The minimum Gasteiger partial charge on any atom is -0.481 e. The molecule has 30 heavy (non-hydrogen) atoms. The molecule has 1 rings (SSSR count). The normalized spacial score (nSPS) is 26.3. The number of carboxylic acids is 2. The third-order valence-corrected chi connectivity index (χ3v) is 8.55. The maximum atomic E-state index is 12.9. The molecule has 4 atom stereocenters. The number of carboxylic acid groups (broad SMARTS) is 2. The van der Waals surface area contributed by atoms with Crippen molar-refractivity contribution in [2.45, 2.75) is 119 Å². The van der Waals surface area contributed by atoms with Gasteiger partial charge in [0.2, 0.25) is 0 Å². The van der Waals surface area contributed by atoms with Gasteiger partial charge in [-0.1, -0.05) is 92.9 Å². The van der Waals surface area contributed by atoms with E-state index < -0.39 is 28.7 Å². The van der Waals surface area contributed by atoms with Crippen LogP contribution in [0.5, 0.6) is 0 Å². The van der Waals surface area contributed by atoms with Crippen molar-refractivity contribution in [3.63, 3.8) is 0 Å². The summed E-state index contributed by atoms with van der Waals surface area (Å²) in [5, 5.41) is 20.4. The molecule has 0 radical (unpaired) electrons. The van der Waals surface area contributed by atoms with Crippen LogP contribution in [-0.2, 0) is 9.59 Å². The highest BCUT2D eigenvalue weighted by atomic mass is 16.4. The van der Waals surface area contributed by atoms with Crippen LogP contribution < -0.4 is 0 Å². The molecule has 0 saturated heterocycles. The first-order valence-electron chi connectivity index (χ1n) is 12.6. The highest BCUT2D eigenvalue weighted by Gasteiger charge is 2.64. The maximum absolute atomic E-state index is 12.9. The van der Waals surface area contributed by atoms with Gasteiger partial charge in [-0.15, -0.1) is 0 Å². The van der Waals surface area contributed by atoms with Crippen LogP contribution >= 0.6 is 0 Å². The van der Waals surface area contributed by atoms with Gasteiger partial charge in [-0.25, -0.2) is 0 Å². The van der Waals surface area contributed by atoms with Crippen LogP contribution in [0, 0.1) is 34.5 Å². The molecule has 176 valence electrons. The SMILES string of the molecule is CCCCC(CC)CC(CC(CC)CCCC)C1(C(=O)O)CCC(C(=O)O)C1(C)C. The molecule has 4 heteroatoms. The van der Waals surface area contributed by atoms with E-state index in [0.717, 1.165) is 51.4 Å². The van der Waals surface area contributed by atoms with Crippen molar-refractivity contribution < 1.29 is 19.8 Å². The molecule has 0 aromatic rings. The summed E-state index contributed by atoms with van der Waals surface area (Å²) in [7, 11) is 0. The third-order valence-electron chi connectivity index (χ3n) is 8.55. The Kier molecular flexibility index (Phi) is 10.9. The van der Waals surface area contributed by atoms with Gasteiger partial charge in [-0.05, 0) is 48.9 Å². The Morgan fingerprint density at radius 3 is 1.67 bits per heavy atom. The summed E-state index contributed by atoms with van der Waals surface area (Å²) in [4.78, 5) is 24.9. The maximum Gasteiger partial charge on any atom is 0.310 e. The lowest BCUT2D eigenvalue weighted by molar-refractivity contribution is -0.167. The lowest BCUT2D eigenvalue weighted by Gasteiger charge is -2.47. The predicted molar refractivity (Wildman–Crippen MR) is 124 cm³/mol. The Balaban J connectivity index is 3.36. The fourth-order valence-electron chi connectivity index (χ4n) is 6.35. The molecule has 0 spiro atoms. The Morgan fingerprint density at radius 2 is 1.37 bits per heavy atom. The molecule has 1 saturated carbocycles. The Morgan fingerprint density at radius 1 is 0.900 bits per heavy atom. The van der Waals surface area contributed by atoms with Crippen molar-refractivity contribution in [2.24, 2.45) is 34.5 Å². The lowest BCUT2D eigenvalue weighted by atomic mass is 9.55. The average molecular weight is 425 g/mol. The largest absolute Gasteiger partial charge is 0.481 e. The number of hydrogen-bond acceptors (Lipinski definition) is 2. The van der Waals surface area contributed by atoms with Gasteiger partial charge in [0.25, 0.3) is 0 Å². The number of rotatable bonds is 15. The van der Waals surface area contributed by atoms with Gasteiger partial charge in [0.1, 0.15) is 0 Å². The molecule has 0 aromatic heterocycles. The monoisotopic (exact) mass is 424 g/mol. The summed E-state index contributed by atoms with van der Waals surface area (Å²) in [5.74, 6) is -1.10. The topological polar surface area (TPSA) is 74.6 Å². The Hall–Kier alpha value is -1.06. The average Bonchev–Trinajstić information content (AvgIpc) is 2.98. The van der Waals surface area contributed by atoms with Gasteiger partial charge in [-0.3, -0.25) is 9.59 Å². The summed E-state index contributed by atoms with van der Waals surface area (Å²) in [6, 6.07) is 0. The highest BCUT2D eigenvalue weighted by molar-refractivity contribution is 5.80. The minimum atomic E-state index is -0.949. The zero-order chi connectivity index (χ0) is 22.9. The van der Waals surface area contributed by atoms with Crippen LogP contribution in [-0.4, -0.2) is 22.2 Å². The van der Waals surface area contributed by atoms with Gasteiger partial charge >= 0.3 is 11.9 Å². The van der Waals surface area contributed by atoms with E-state index in [1.165, 1.54) is 12.8 Å². The quantitative estimate of drug-likeness (QED) is 0.287. The Labute approximate surface area is 185 Å². The summed E-state index contributed by atoms with van der Waals surface area (Å²) in [6.45, 7) is 12.7. The van der Waals surface area contributed by atoms with E-state index in [0.29, 0.717) is 24.7 Å². The highest BCUT2D eigenvalue weighted by Crippen LogP contribution is 2.62. The van der Waals surface area contributed by atoms with Crippen LogP contribution in [0.15, 0.2) is 0 Å². The molecule has 1 aliphatic rings. The molecule has 0 heterocycles. The van der Waals surface area contributed by atoms with Crippen molar-refractivity contribution in [3.8, 4) is 0 Å². The third kappa shape index (κ3) is 5.79. The van der Waals surface area contributed by atoms with Gasteiger partial charge in [-0.2, -0.15) is 0 Å². The van der Waals surface area contributed by atoms with Gasteiger partial charge in [0.15, 0.2) is 0 Å². The summed E-state index contributed by atoms with van der Waals surface area (Å²) in [6.07, 6.45) is 11.9. The second kappa shape index (κ2) is 12.1. The van der Waals surface area contributed by atoms with Crippen LogP contribution in [0.1, 0.15) is 119 Å². The molecule has 1 fully saturated rings. The molecule has 4 unspecified atom stereocenters. The molecule has 0 aromatic carbocycles. The molecular weight excluding hydrogens is 376 g/mol. The fourth-order valence-corrected chi connectivity index (χ4v) is 6.35. The van der Waals surface area contributed by atoms with Crippen LogP contribution in [0.2, 0.25) is 0 Å². The van der Waals surface area contributed by atoms with Crippen molar-refractivity contribution >= 4 is 11.9 Å². The summed E-state index contributed by atoms with van der Waals surface area (Å²) in [5.41, 5.74) is -1.70. The fraction of sp³-hybridized carbons (Fsp3) is 0.923. The number of carbonyl (C=O) groups is 2. The van der Waals surface area contributed by atoms with Crippen LogP contribution in [0.3, 0.4) is 0 Å². The molecule has 0 amide bonds. The van der Waals surface area contributed by atoms with E-state index in [4.69, 9.17) is 0 Å². The number of unbranched alkanes of at least 4 members (excludes halogenated alkanes) is 2. The number of hydrogen-bond donors (Lipinski definition) is 2. The zero-order valence-corrected chi connectivity index (χ0v) is 20.5. The lowest BCUT2D eigenvalue weighted by Crippen LogP contribution is -2.50. The van der Waals surface area contributed by atoms with Gasteiger partial charge in [0, 0.05) is 0 Å². The summed E-state index contributed by atoms with van der Waals surface area (Å²) < 4.78 is 0. The van der Waals surface area contributed by atoms with Crippen molar-refractivity contribution in [1.82, 2.24) is 0 Å². The molecule has 1 aliphatic carbocycles. The summed E-state index contributed by atoms with van der Waals surface area (Å²) >= 11 is 0. The first-order valence-corrected chi connectivity index (χ1v) is 12.6. The molecule has 0 aliphatic heterocycles. The molecule has 2 N–H and O–H groups in total. The Bertz CT molecular complexity index is 523. The molecule has 0 bridgehead atoms. The van der Waals surface area contributed by atoms with Crippen molar-refractivity contribution in [3.05, 3.63) is 0 Å². The zero-order valence-electron chi connectivity index (χ0n) is 20.5. The van der Waals surface area contributed by atoms with E-state index in [9.17, 15) is 19.8 Å². The first kappa shape index (κ1) is 27.0.